The summed E-state index contributed by atoms with van der Waals surface area (Å²) in [6, 6.07) is 3.92. The Morgan fingerprint density at radius 1 is 1.31 bits per heavy atom. The number of carbonyl (C=O) groups excluding carboxylic acids is 1. The molecule has 0 radical (unpaired) electrons. The molecule has 1 amide bonds. The molecule has 2 aliphatic rings. The van der Waals surface area contributed by atoms with Gasteiger partial charge in [-0.3, -0.25) is 9.78 Å². The number of nitrogens with zero attached hydrogens (tertiary/aromatic N) is 5. The molecule has 29 heavy (non-hydrogen) atoms. The van der Waals surface area contributed by atoms with Gasteiger partial charge in [-0.2, -0.15) is 0 Å². The molecule has 7 nitrogen and oxygen atoms in total. The Balaban J connectivity index is 1.75. The van der Waals surface area contributed by atoms with E-state index >= 15 is 0 Å². The maximum absolute atomic E-state index is 12.1. The van der Waals surface area contributed by atoms with Crippen LogP contribution in [-0.4, -0.2) is 70.9 Å². The predicted molar refractivity (Wildman–Crippen MR) is 114 cm³/mol. The number of piperidine rings is 1. The lowest BCUT2D eigenvalue weighted by Gasteiger charge is -2.40. The van der Waals surface area contributed by atoms with Gasteiger partial charge in [-0.15, -0.1) is 0 Å². The Bertz CT molecular complexity index is 884. The maximum Gasteiger partial charge on any atom is 0.219 e. The number of hydrogen-bond donors (Lipinski definition) is 1. The molecule has 0 saturated carbocycles. The Labute approximate surface area is 172 Å². The second-order valence-electron chi connectivity index (χ2n) is 8.52. The Kier molecular flexibility index (Phi) is 5.50. The number of hydrogen-bond acceptors (Lipinski definition) is 6. The van der Waals surface area contributed by atoms with Crippen molar-refractivity contribution in [1.29, 1.82) is 0 Å². The van der Waals surface area contributed by atoms with Crippen molar-refractivity contribution in [3.63, 3.8) is 0 Å². The molecule has 1 N–H and O–H groups in total. The topological polar surface area (TPSA) is 74.2 Å². The lowest BCUT2D eigenvalue weighted by Crippen LogP contribution is -2.47. The van der Waals surface area contributed by atoms with Gasteiger partial charge in [0.15, 0.2) is 5.82 Å². The number of fused-ring (bicyclic) bond motifs is 2. The number of carbonyl (C=O) groups is 1. The largest absolute Gasteiger partial charge is 0.368 e. The summed E-state index contributed by atoms with van der Waals surface area (Å²) >= 11 is 0. The number of rotatable bonds is 5. The maximum atomic E-state index is 12.1. The van der Waals surface area contributed by atoms with E-state index in [1.54, 1.807) is 13.1 Å². The molecule has 4 rings (SSSR count). The molecule has 1 aliphatic carbocycles. The summed E-state index contributed by atoms with van der Waals surface area (Å²) in [6.07, 6.45) is 7.66. The second kappa shape index (κ2) is 8.06. The molecule has 7 heteroatoms. The van der Waals surface area contributed by atoms with Crippen molar-refractivity contribution in [2.45, 2.75) is 38.0 Å². The fraction of sp³-hybridized carbons (Fsp3) is 0.545. The molecule has 1 atom stereocenters. The lowest BCUT2D eigenvalue weighted by molar-refractivity contribution is -0.131. The third kappa shape index (κ3) is 3.96. The van der Waals surface area contributed by atoms with Crippen LogP contribution >= 0.6 is 0 Å². The predicted octanol–water partition coefficient (Wildman–Crippen LogP) is 2.34. The molecule has 2 aromatic heterocycles. The molecule has 1 aliphatic heterocycles. The summed E-state index contributed by atoms with van der Waals surface area (Å²) in [7, 11) is 4.14. The van der Waals surface area contributed by atoms with Crippen LogP contribution in [0.4, 0.5) is 5.82 Å². The standard InChI is InChI=1S/C22H30N6O/c1-16(29)28-12-5-8-22(15-28)9-7-18-19(22)25-20(17-6-4-10-23-14-17)26-21(18)24-11-13-27(2)3/h4,6,10,14H,5,7-9,11-13,15H2,1-3H3,(H,24,25,26). The SMILES string of the molecule is CC(=O)N1CCCC2(CCc3c(NCCN(C)C)nc(-c4cccnc4)nc32)C1. The number of likely N-dealkylation sites (N-methyl/N-ethyl adjacent to an activating group) is 1. The van der Waals surface area contributed by atoms with Crippen molar-refractivity contribution in [1.82, 2.24) is 24.8 Å². The molecule has 2 aromatic rings. The number of amides is 1. The number of anilines is 1. The van der Waals surface area contributed by atoms with E-state index in [1.165, 1.54) is 5.56 Å². The number of pyridine rings is 1. The molecule has 1 fully saturated rings. The van der Waals surface area contributed by atoms with Gasteiger partial charge in [-0.1, -0.05) is 0 Å². The molecule has 154 valence electrons. The highest BCUT2D eigenvalue weighted by molar-refractivity contribution is 5.73. The average molecular weight is 395 g/mol. The van der Waals surface area contributed by atoms with Gasteiger partial charge in [0.2, 0.25) is 5.91 Å². The third-order valence-corrected chi connectivity index (χ3v) is 6.16. The molecule has 0 aromatic carbocycles. The fourth-order valence-corrected chi connectivity index (χ4v) is 4.61. The summed E-state index contributed by atoms with van der Waals surface area (Å²) in [4.78, 5) is 30.4. The normalized spacial score (nSPS) is 20.9. The van der Waals surface area contributed by atoms with E-state index < -0.39 is 0 Å². The number of nitrogens with one attached hydrogen (secondary N) is 1. The molecule has 3 heterocycles. The van der Waals surface area contributed by atoms with Crippen LogP contribution in [0.3, 0.4) is 0 Å². The molecule has 0 bridgehead atoms. The highest BCUT2D eigenvalue weighted by Gasteiger charge is 2.45. The van der Waals surface area contributed by atoms with Crippen LogP contribution < -0.4 is 5.32 Å². The zero-order chi connectivity index (χ0) is 20.4. The zero-order valence-electron chi connectivity index (χ0n) is 17.6. The summed E-state index contributed by atoms with van der Waals surface area (Å²) in [6.45, 7) is 5.04. The van der Waals surface area contributed by atoms with E-state index in [-0.39, 0.29) is 11.3 Å². The van der Waals surface area contributed by atoms with Crippen LogP contribution in [0.5, 0.6) is 0 Å². The summed E-state index contributed by atoms with van der Waals surface area (Å²) < 4.78 is 0. The molecule has 1 spiro atoms. The summed E-state index contributed by atoms with van der Waals surface area (Å²) in [5.41, 5.74) is 3.22. The van der Waals surface area contributed by atoms with Crippen LogP contribution in [0, 0.1) is 0 Å². The van der Waals surface area contributed by atoms with Crippen LogP contribution in [0.15, 0.2) is 24.5 Å². The smallest absolute Gasteiger partial charge is 0.219 e. The van der Waals surface area contributed by atoms with Crippen molar-refractivity contribution < 1.29 is 4.79 Å². The van der Waals surface area contributed by atoms with E-state index in [0.29, 0.717) is 5.82 Å². The van der Waals surface area contributed by atoms with Crippen LogP contribution in [0.2, 0.25) is 0 Å². The van der Waals surface area contributed by atoms with Crippen molar-refractivity contribution >= 4 is 11.7 Å². The summed E-state index contributed by atoms with van der Waals surface area (Å²) in [5.74, 6) is 1.81. The van der Waals surface area contributed by atoms with Crippen molar-refractivity contribution in [3.8, 4) is 11.4 Å². The third-order valence-electron chi connectivity index (χ3n) is 6.16. The van der Waals surface area contributed by atoms with Crippen LogP contribution in [0.1, 0.15) is 37.4 Å². The Morgan fingerprint density at radius 3 is 2.90 bits per heavy atom. The van der Waals surface area contributed by atoms with Gasteiger partial charge >= 0.3 is 0 Å². The first-order chi connectivity index (χ1) is 14.0. The van der Waals surface area contributed by atoms with Gasteiger partial charge < -0.3 is 15.1 Å². The number of aromatic nitrogens is 3. The minimum atomic E-state index is -0.0584. The van der Waals surface area contributed by atoms with E-state index in [9.17, 15) is 4.79 Å². The fourth-order valence-electron chi connectivity index (χ4n) is 4.61. The minimum absolute atomic E-state index is 0.0584. The van der Waals surface area contributed by atoms with E-state index in [2.05, 4.69) is 29.3 Å². The lowest BCUT2D eigenvalue weighted by atomic mass is 9.77. The van der Waals surface area contributed by atoms with Gasteiger partial charge in [0.05, 0.1) is 5.69 Å². The minimum Gasteiger partial charge on any atom is -0.368 e. The molecule has 1 saturated heterocycles. The highest BCUT2D eigenvalue weighted by atomic mass is 16.2. The average Bonchev–Trinajstić information content (AvgIpc) is 3.06. The Morgan fingerprint density at radius 2 is 2.17 bits per heavy atom. The molecule has 1 unspecified atom stereocenters. The monoisotopic (exact) mass is 394 g/mol. The van der Waals surface area contributed by atoms with Crippen molar-refractivity contribution in [2.75, 3.05) is 45.6 Å². The van der Waals surface area contributed by atoms with Gasteiger partial charge in [0.25, 0.3) is 0 Å². The Hall–Kier alpha value is -2.54. The molecular formula is C22H30N6O. The zero-order valence-corrected chi connectivity index (χ0v) is 17.6. The first-order valence-electron chi connectivity index (χ1n) is 10.4. The number of likely N-dealkylation sites (tertiary alicyclic amines) is 1. The quantitative estimate of drug-likeness (QED) is 0.839. The van der Waals surface area contributed by atoms with Crippen LogP contribution in [-0.2, 0) is 16.6 Å². The van der Waals surface area contributed by atoms with Gasteiger partial charge in [0, 0.05) is 62.0 Å². The summed E-state index contributed by atoms with van der Waals surface area (Å²) in [5, 5.41) is 3.55. The van der Waals surface area contributed by atoms with E-state index in [4.69, 9.17) is 9.97 Å². The van der Waals surface area contributed by atoms with Gasteiger partial charge in [-0.05, 0) is 51.9 Å². The first kappa shape index (κ1) is 19.8. The molecular weight excluding hydrogens is 364 g/mol. The van der Waals surface area contributed by atoms with Gasteiger partial charge in [0.1, 0.15) is 5.82 Å². The second-order valence-corrected chi connectivity index (χ2v) is 8.52. The van der Waals surface area contributed by atoms with E-state index in [1.807, 2.05) is 23.2 Å². The van der Waals surface area contributed by atoms with Crippen molar-refractivity contribution in [3.05, 3.63) is 35.8 Å². The van der Waals surface area contributed by atoms with Gasteiger partial charge in [-0.25, -0.2) is 9.97 Å². The van der Waals surface area contributed by atoms with Crippen LogP contribution in [0.25, 0.3) is 11.4 Å². The van der Waals surface area contributed by atoms with Crippen molar-refractivity contribution in [2.24, 2.45) is 0 Å². The first-order valence-corrected chi connectivity index (χ1v) is 10.4. The highest BCUT2D eigenvalue weighted by Crippen LogP contribution is 2.46. The van der Waals surface area contributed by atoms with E-state index in [0.717, 1.165) is 68.9 Å².